The third-order valence-corrected chi connectivity index (χ3v) is 6.53. The van der Waals surface area contributed by atoms with Crippen molar-refractivity contribution in [3.63, 3.8) is 0 Å². The van der Waals surface area contributed by atoms with E-state index in [1.807, 2.05) is 24.3 Å². The number of nitrogens with zero attached hydrogens (tertiary/aromatic N) is 3. The second kappa shape index (κ2) is 9.51. The maximum absolute atomic E-state index is 11.5. The molecule has 172 valence electrons. The second-order valence-corrected chi connectivity index (χ2v) is 8.46. The molecular formula is C28H27N3O3. The van der Waals surface area contributed by atoms with Crippen LogP contribution >= 0.6 is 0 Å². The van der Waals surface area contributed by atoms with Gasteiger partial charge in [-0.15, -0.1) is 0 Å². The smallest absolute Gasteiger partial charge is 0.161 e. The molecule has 0 bridgehead atoms. The number of carbonyl (C=O) groups is 1. The summed E-state index contributed by atoms with van der Waals surface area (Å²) in [7, 11) is 3.27. The van der Waals surface area contributed by atoms with Crippen LogP contribution < -0.4 is 14.4 Å². The van der Waals surface area contributed by atoms with Crippen LogP contribution in [0, 0.1) is 0 Å². The van der Waals surface area contributed by atoms with Gasteiger partial charge in [-0.05, 0) is 66.8 Å². The molecule has 0 radical (unpaired) electrons. The number of hydrogen-bond acceptors (Lipinski definition) is 6. The van der Waals surface area contributed by atoms with E-state index in [1.165, 1.54) is 0 Å². The van der Waals surface area contributed by atoms with Gasteiger partial charge in [-0.25, -0.2) is 9.97 Å². The lowest BCUT2D eigenvalue weighted by Crippen LogP contribution is -2.40. The average Bonchev–Trinajstić information content (AvgIpc) is 2.92. The Bertz CT molecular complexity index is 1320. The number of aromatic nitrogens is 2. The molecule has 1 saturated heterocycles. The van der Waals surface area contributed by atoms with Crippen LogP contribution in [0.4, 0.5) is 5.69 Å². The molecule has 3 aromatic carbocycles. The summed E-state index contributed by atoms with van der Waals surface area (Å²) in [6.07, 6.45) is 5.81. The van der Waals surface area contributed by atoms with Crippen molar-refractivity contribution in [3.8, 4) is 33.9 Å². The molecule has 5 rings (SSSR count). The highest BCUT2D eigenvalue weighted by Gasteiger charge is 2.22. The number of benzene rings is 3. The molecule has 6 nitrogen and oxygen atoms in total. The average molecular weight is 454 g/mol. The number of fused-ring (bicyclic) bond motifs is 1. The zero-order chi connectivity index (χ0) is 23.5. The SMILES string of the molecule is COc1ccc(-c2ccc3ncnc(-c4ccc(N5CCCCC5C=O)cc4)c3c2)cc1OC. The second-order valence-electron chi connectivity index (χ2n) is 8.46. The molecule has 6 heteroatoms. The van der Waals surface area contributed by atoms with E-state index in [4.69, 9.17) is 9.47 Å². The normalized spacial score (nSPS) is 15.8. The van der Waals surface area contributed by atoms with Crippen molar-refractivity contribution in [2.75, 3.05) is 25.7 Å². The zero-order valence-electron chi connectivity index (χ0n) is 19.4. The molecule has 1 atom stereocenters. The van der Waals surface area contributed by atoms with E-state index >= 15 is 0 Å². The van der Waals surface area contributed by atoms with Crippen LogP contribution in [0.2, 0.25) is 0 Å². The van der Waals surface area contributed by atoms with E-state index < -0.39 is 0 Å². The zero-order valence-corrected chi connectivity index (χ0v) is 19.4. The predicted molar refractivity (Wildman–Crippen MR) is 135 cm³/mol. The third-order valence-electron chi connectivity index (χ3n) is 6.53. The molecule has 2 heterocycles. The number of anilines is 1. The van der Waals surface area contributed by atoms with Gasteiger partial charge in [0.1, 0.15) is 12.6 Å². The number of carbonyl (C=O) groups excluding carboxylic acids is 1. The third kappa shape index (κ3) is 4.07. The van der Waals surface area contributed by atoms with Gasteiger partial charge in [0, 0.05) is 23.2 Å². The molecule has 1 fully saturated rings. The van der Waals surface area contributed by atoms with Crippen molar-refractivity contribution in [2.45, 2.75) is 25.3 Å². The van der Waals surface area contributed by atoms with Crippen molar-refractivity contribution >= 4 is 22.9 Å². The summed E-state index contributed by atoms with van der Waals surface area (Å²) in [6.45, 7) is 0.911. The minimum absolute atomic E-state index is 0.0384. The molecule has 0 amide bonds. The fourth-order valence-corrected chi connectivity index (χ4v) is 4.71. The van der Waals surface area contributed by atoms with Crippen LogP contribution in [-0.4, -0.2) is 43.1 Å². The minimum Gasteiger partial charge on any atom is -0.493 e. The standard InChI is InChI=1S/C28H27N3O3/c1-33-26-13-9-21(16-27(26)34-2)20-8-12-25-24(15-20)28(30-18-29-25)19-6-10-22(11-7-19)31-14-4-3-5-23(31)17-32/h6-13,15-18,23H,3-5,14H2,1-2H3. The Hall–Kier alpha value is -3.93. The number of hydrogen-bond donors (Lipinski definition) is 0. The first-order chi connectivity index (χ1) is 16.7. The van der Waals surface area contributed by atoms with E-state index in [0.717, 1.165) is 71.1 Å². The van der Waals surface area contributed by atoms with Crippen molar-refractivity contribution in [3.05, 3.63) is 67.0 Å². The van der Waals surface area contributed by atoms with Crippen molar-refractivity contribution < 1.29 is 14.3 Å². The highest BCUT2D eigenvalue weighted by Crippen LogP contribution is 2.35. The molecule has 0 saturated carbocycles. The number of aldehydes is 1. The summed E-state index contributed by atoms with van der Waals surface area (Å²) in [5, 5.41) is 0.978. The van der Waals surface area contributed by atoms with Gasteiger partial charge in [0.2, 0.25) is 0 Å². The first kappa shape index (κ1) is 21.9. The van der Waals surface area contributed by atoms with Gasteiger partial charge in [-0.1, -0.05) is 24.3 Å². The molecule has 1 aromatic heterocycles. The van der Waals surface area contributed by atoms with Gasteiger partial charge in [-0.2, -0.15) is 0 Å². The van der Waals surface area contributed by atoms with Gasteiger partial charge in [0.15, 0.2) is 11.5 Å². The van der Waals surface area contributed by atoms with Crippen LogP contribution in [0.1, 0.15) is 19.3 Å². The van der Waals surface area contributed by atoms with E-state index in [2.05, 4.69) is 51.3 Å². The summed E-state index contributed by atoms with van der Waals surface area (Å²) in [5.74, 6) is 1.38. The molecule has 1 aliphatic heterocycles. The topological polar surface area (TPSA) is 64.6 Å². The van der Waals surface area contributed by atoms with E-state index in [0.29, 0.717) is 11.5 Å². The van der Waals surface area contributed by atoms with E-state index in [-0.39, 0.29) is 6.04 Å². The molecule has 1 aliphatic rings. The van der Waals surface area contributed by atoms with E-state index in [9.17, 15) is 4.79 Å². The van der Waals surface area contributed by atoms with Crippen molar-refractivity contribution in [1.82, 2.24) is 9.97 Å². The Morgan fingerprint density at radius 2 is 1.59 bits per heavy atom. The summed E-state index contributed by atoms with van der Waals surface area (Å²) in [5.41, 5.74) is 5.92. The number of rotatable bonds is 6. The summed E-state index contributed by atoms with van der Waals surface area (Å²) in [4.78, 5) is 22.8. The highest BCUT2D eigenvalue weighted by molar-refractivity contribution is 5.95. The van der Waals surface area contributed by atoms with Crippen LogP contribution in [0.3, 0.4) is 0 Å². The lowest BCUT2D eigenvalue weighted by Gasteiger charge is -2.34. The molecule has 0 spiro atoms. The van der Waals surface area contributed by atoms with Crippen molar-refractivity contribution in [2.24, 2.45) is 0 Å². The van der Waals surface area contributed by atoms with Gasteiger partial charge >= 0.3 is 0 Å². The Balaban J connectivity index is 1.52. The fraction of sp³-hybridized carbons (Fsp3) is 0.250. The van der Waals surface area contributed by atoms with Gasteiger partial charge < -0.3 is 19.2 Å². The molecular weight excluding hydrogens is 426 g/mol. The summed E-state index contributed by atoms with van der Waals surface area (Å²) >= 11 is 0. The summed E-state index contributed by atoms with van der Waals surface area (Å²) < 4.78 is 10.9. The number of ether oxygens (including phenoxy) is 2. The maximum Gasteiger partial charge on any atom is 0.161 e. The van der Waals surface area contributed by atoms with Gasteiger partial charge in [0.05, 0.1) is 31.5 Å². The first-order valence-electron chi connectivity index (χ1n) is 11.5. The maximum atomic E-state index is 11.5. The predicted octanol–water partition coefficient (Wildman–Crippen LogP) is 5.54. The lowest BCUT2D eigenvalue weighted by atomic mass is 9.99. The minimum atomic E-state index is -0.0384. The molecule has 0 N–H and O–H groups in total. The van der Waals surface area contributed by atoms with Gasteiger partial charge in [-0.3, -0.25) is 0 Å². The Morgan fingerprint density at radius 3 is 2.35 bits per heavy atom. The fourth-order valence-electron chi connectivity index (χ4n) is 4.71. The van der Waals surface area contributed by atoms with Gasteiger partial charge in [0.25, 0.3) is 0 Å². The largest absolute Gasteiger partial charge is 0.493 e. The Morgan fingerprint density at radius 1 is 0.853 bits per heavy atom. The van der Waals surface area contributed by atoms with Crippen LogP contribution in [0.25, 0.3) is 33.3 Å². The Labute approximate surface area is 199 Å². The van der Waals surface area contributed by atoms with Crippen molar-refractivity contribution in [1.29, 1.82) is 0 Å². The molecule has 1 unspecified atom stereocenters. The Kier molecular flexibility index (Phi) is 6.12. The number of methoxy groups -OCH3 is 2. The van der Waals surface area contributed by atoms with Crippen LogP contribution in [0.5, 0.6) is 11.5 Å². The monoisotopic (exact) mass is 453 g/mol. The number of piperidine rings is 1. The van der Waals surface area contributed by atoms with Crippen LogP contribution in [-0.2, 0) is 4.79 Å². The summed E-state index contributed by atoms with van der Waals surface area (Å²) in [6, 6.07) is 20.4. The van der Waals surface area contributed by atoms with E-state index in [1.54, 1.807) is 20.5 Å². The lowest BCUT2D eigenvalue weighted by molar-refractivity contribution is -0.109. The quantitative estimate of drug-likeness (QED) is 0.357. The first-order valence-corrected chi connectivity index (χ1v) is 11.5. The molecule has 4 aromatic rings. The molecule has 0 aliphatic carbocycles. The van der Waals surface area contributed by atoms with Crippen LogP contribution in [0.15, 0.2) is 67.0 Å². The highest BCUT2D eigenvalue weighted by atomic mass is 16.5. The molecule has 34 heavy (non-hydrogen) atoms.